The van der Waals surface area contributed by atoms with E-state index in [0.29, 0.717) is 12.1 Å². The van der Waals surface area contributed by atoms with Crippen molar-refractivity contribution < 1.29 is 0 Å². The summed E-state index contributed by atoms with van der Waals surface area (Å²) in [4.78, 5) is 4.34. The summed E-state index contributed by atoms with van der Waals surface area (Å²) >= 11 is 1.94. The number of fused-ring (bicyclic) bond motifs is 1. The Kier molecular flexibility index (Phi) is 6.06. The van der Waals surface area contributed by atoms with Crippen LogP contribution >= 0.6 is 11.3 Å². The zero-order valence-electron chi connectivity index (χ0n) is 13.5. The fraction of sp³-hybridized carbons (Fsp3) is 0.765. The smallest absolute Gasteiger partial charge is 0.0334 e. The van der Waals surface area contributed by atoms with Gasteiger partial charge >= 0.3 is 0 Å². The molecule has 2 heterocycles. The van der Waals surface area contributed by atoms with Gasteiger partial charge in [-0.15, -0.1) is 11.3 Å². The van der Waals surface area contributed by atoms with Crippen LogP contribution in [0.5, 0.6) is 0 Å². The van der Waals surface area contributed by atoms with Crippen molar-refractivity contribution >= 4 is 11.3 Å². The normalized spacial score (nSPS) is 21.1. The van der Waals surface area contributed by atoms with Gasteiger partial charge in [0.05, 0.1) is 0 Å². The topological polar surface area (TPSA) is 15.3 Å². The lowest BCUT2D eigenvalue weighted by Crippen LogP contribution is -2.46. The maximum absolute atomic E-state index is 3.67. The van der Waals surface area contributed by atoms with Crippen LogP contribution in [0.1, 0.15) is 57.0 Å². The van der Waals surface area contributed by atoms with Gasteiger partial charge in [0, 0.05) is 30.1 Å². The quantitative estimate of drug-likeness (QED) is 0.815. The van der Waals surface area contributed by atoms with Gasteiger partial charge in [-0.2, -0.15) is 0 Å². The molecule has 1 aromatic rings. The van der Waals surface area contributed by atoms with Gasteiger partial charge in [0.25, 0.3) is 0 Å². The first kappa shape index (κ1) is 16.0. The van der Waals surface area contributed by atoms with Gasteiger partial charge in [-0.05, 0) is 49.2 Å². The third-order valence-electron chi connectivity index (χ3n) is 4.35. The van der Waals surface area contributed by atoms with Crippen molar-refractivity contribution in [3.63, 3.8) is 0 Å². The highest BCUT2D eigenvalue weighted by atomic mass is 32.1. The van der Waals surface area contributed by atoms with Crippen molar-refractivity contribution in [2.75, 3.05) is 19.6 Å². The molecule has 0 radical (unpaired) electrons. The minimum absolute atomic E-state index is 0.586. The molecule has 3 heteroatoms. The first-order valence-corrected chi connectivity index (χ1v) is 9.04. The van der Waals surface area contributed by atoms with Crippen LogP contribution in [0.3, 0.4) is 0 Å². The van der Waals surface area contributed by atoms with Gasteiger partial charge in [0.15, 0.2) is 0 Å². The van der Waals surface area contributed by atoms with Crippen LogP contribution in [0.15, 0.2) is 11.4 Å². The van der Waals surface area contributed by atoms with Crippen molar-refractivity contribution in [3.8, 4) is 0 Å². The highest BCUT2D eigenvalue weighted by Crippen LogP contribution is 2.34. The van der Waals surface area contributed by atoms with Gasteiger partial charge in [0.2, 0.25) is 0 Å². The molecule has 1 aromatic heterocycles. The van der Waals surface area contributed by atoms with Crippen molar-refractivity contribution in [1.82, 2.24) is 10.2 Å². The maximum Gasteiger partial charge on any atom is 0.0334 e. The summed E-state index contributed by atoms with van der Waals surface area (Å²) < 4.78 is 0. The van der Waals surface area contributed by atoms with Crippen LogP contribution in [-0.2, 0) is 6.42 Å². The van der Waals surface area contributed by atoms with E-state index in [9.17, 15) is 0 Å². The summed E-state index contributed by atoms with van der Waals surface area (Å²) in [5.41, 5.74) is 1.58. The second-order valence-corrected chi connectivity index (χ2v) is 7.46. The Morgan fingerprint density at radius 2 is 2.20 bits per heavy atom. The van der Waals surface area contributed by atoms with Crippen LogP contribution in [-0.4, -0.2) is 30.6 Å². The molecule has 2 nitrogen and oxygen atoms in total. The van der Waals surface area contributed by atoms with E-state index in [-0.39, 0.29) is 0 Å². The highest BCUT2D eigenvalue weighted by molar-refractivity contribution is 7.10. The number of nitrogens with zero attached hydrogens (tertiary/aromatic N) is 1. The molecular formula is C17H30N2S. The monoisotopic (exact) mass is 294 g/mol. The van der Waals surface area contributed by atoms with E-state index in [2.05, 4.69) is 49.4 Å². The van der Waals surface area contributed by atoms with Crippen molar-refractivity contribution in [2.45, 2.75) is 59.0 Å². The Balaban J connectivity index is 1.98. The predicted octanol–water partition coefficient (Wildman–Crippen LogP) is 4.08. The lowest BCUT2D eigenvalue weighted by Gasteiger charge is -2.40. The average Bonchev–Trinajstić information content (AvgIpc) is 2.87. The average molecular weight is 295 g/mol. The highest BCUT2D eigenvalue weighted by Gasteiger charge is 2.29. The maximum atomic E-state index is 3.67. The van der Waals surface area contributed by atoms with Crippen molar-refractivity contribution in [1.29, 1.82) is 0 Å². The van der Waals surface area contributed by atoms with Gasteiger partial charge < -0.3 is 5.32 Å². The second-order valence-electron chi connectivity index (χ2n) is 6.46. The molecule has 2 rings (SSSR count). The molecule has 1 aliphatic rings. The fourth-order valence-electron chi connectivity index (χ4n) is 3.28. The third kappa shape index (κ3) is 3.84. The zero-order chi connectivity index (χ0) is 14.5. The lowest BCUT2D eigenvalue weighted by atomic mass is 9.97. The van der Waals surface area contributed by atoms with E-state index in [1.54, 1.807) is 10.4 Å². The molecule has 0 spiro atoms. The van der Waals surface area contributed by atoms with Crippen LogP contribution in [0.4, 0.5) is 0 Å². The van der Waals surface area contributed by atoms with Crippen molar-refractivity contribution in [2.24, 2.45) is 5.92 Å². The molecule has 0 aromatic carbocycles. The van der Waals surface area contributed by atoms with E-state index in [4.69, 9.17) is 0 Å². The van der Waals surface area contributed by atoms with E-state index in [0.717, 1.165) is 19.0 Å². The molecule has 0 bridgehead atoms. The summed E-state index contributed by atoms with van der Waals surface area (Å²) in [6.07, 6.45) is 3.81. The molecule has 0 aliphatic carbocycles. The molecule has 20 heavy (non-hydrogen) atoms. The largest absolute Gasteiger partial charge is 0.315 e. The number of rotatable bonds is 7. The minimum atomic E-state index is 0.586. The van der Waals surface area contributed by atoms with Crippen LogP contribution in [0, 0.1) is 5.92 Å². The minimum Gasteiger partial charge on any atom is -0.315 e. The number of thiophene rings is 1. The molecule has 1 N–H and O–H groups in total. The zero-order valence-corrected chi connectivity index (χ0v) is 14.3. The number of hydrogen-bond acceptors (Lipinski definition) is 3. The van der Waals surface area contributed by atoms with E-state index < -0.39 is 0 Å². The number of hydrogen-bond donors (Lipinski definition) is 1. The molecule has 114 valence electrons. The molecule has 0 amide bonds. The Hall–Kier alpha value is -0.380. The Morgan fingerprint density at radius 1 is 1.40 bits per heavy atom. The molecule has 0 saturated carbocycles. The molecule has 0 saturated heterocycles. The van der Waals surface area contributed by atoms with Crippen LogP contribution in [0.25, 0.3) is 0 Å². The lowest BCUT2D eigenvalue weighted by molar-refractivity contribution is 0.124. The summed E-state index contributed by atoms with van der Waals surface area (Å²) in [5, 5.41) is 5.93. The predicted molar refractivity (Wildman–Crippen MR) is 89.5 cm³/mol. The molecule has 2 atom stereocenters. The second kappa shape index (κ2) is 7.58. The SMILES string of the molecule is CCCC(CNCC(C)C)N1CCc2sccc2C1C. The van der Waals surface area contributed by atoms with Crippen molar-refractivity contribution in [3.05, 3.63) is 21.9 Å². The summed E-state index contributed by atoms with van der Waals surface area (Å²) in [5.74, 6) is 0.736. The molecule has 2 unspecified atom stereocenters. The number of nitrogens with one attached hydrogen (secondary N) is 1. The first-order valence-electron chi connectivity index (χ1n) is 8.16. The van der Waals surface area contributed by atoms with Crippen LogP contribution in [0.2, 0.25) is 0 Å². The Bertz CT molecular complexity index is 399. The Morgan fingerprint density at radius 3 is 2.90 bits per heavy atom. The summed E-state index contributed by atoms with van der Waals surface area (Å²) in [6, 6.07) is 3.60. The molecular weight excluding hydrogens is 264 g/mol. The van der Waals surface area contributed by atoms with Crippen LogP contribution < -0.4 is 5.32 Å². The first-order chi connectivity index (χ1) is 9.63. The van der Waals surface area contributed by atoms with Gasteiger partial charge in [0.1, 0.15) is 0 Å². The summed E-state index contributed by atoms with van der Waals surface area (Å²) in [6.45, 7) is 12.7. The summed E-state index contributed by atoms with van der Waals surface area (Å²) in [7, 11) is 0. The Labute approximate surface area is 128 Å². The van der Waals surface area contributed by atoms with Gasteiger partial charge in [-0.3, -0.25) is 4.90 Å². The third-order valence-corrected chi connectivity index (χ3v) is 5.34. The van der Waals surface area contributed by atoms with E-state index in [1.807, 2.05) is 11.3 Å². The van der Waals surface area contributed by atoms with E-state index >= 15 is 0 Å². The standard InChI is InChI=1S/C17H30N2S/c1-5-6-15(12-18-11-13(2)3)19-9-7-17-16(14(19)4)8-10-20-17/h8,10,13-15,18H,5-7,9,11-12H2,1-4H3. The fourth-order valence-corrected chi connectivity index (χ4v) is 4.25. The molecule has 1 aliphatic heterocycles. The van der Waals surface area contributed by atoms with Gasteiger partial charge in [-0.1, -0.05) is 27.2 Å². The van der Waals surface area contributed by atoms with Gasteiger partial charge in [-0.25, -0.2) is 0 Å². The van der Waals surface area contributed by atoms with E-state index in [1.165, 1.54) is 25.8 Å². The molecule has 0 fully saturated rings.